The van der Waals surface area contributed by atoms with E-state index in [1.165, 1.54) is 18.4 Å². The van der Waals surface area contributed by atoms with E-state index in [1.807, 2.05) is 12.1 Å². The second-order valence-corrected chi connectivity index (χ2v) is 5.73. The van der Waals surface area contributed by atoms with E-state index in [4.69, 9.17) is 15.2 Å². The second kappa shape index (κ2) is 4.26. The van der Waals surface area contributed by atoms with Crippen LogP contribution in [0.25, 0.3) is 0 Å². The molecule has 0 spiro atoms. The van der Waals surface area contributed by atoms with Crippen LogP contribution in [-0.4, -0.2) is 6.79 Å². The SMILES string of the molecule is NC1(c2c(Br)ccc3c2COCO3)CCCC1. The van der Waals surface area contributed by atoms with E-state index in [-0.39, 0.29) is 5.54 Å². The summed E-state index contributed by atoms with van der Waals surface area (Å²) in [6, 6.07) is 4.02. The van der Waals surface area contributed by atoms with Gasteiger partial charge in [-0.3, -0.25) is 0 Å². The molecule has 1 saturated carbocycles. The molecule has 1 aliphatic carbocycles. The molecule has 0 atom stereocenters. The number of nitrogens with two attached hydrogens (primary N) is 1. The Morgan fingerprint density at radius 2 is 2.00 bits per heavy atom. The van der Waals surface area contributed by atoms with Crippen molar-refractivity contribution in [3.63, 3.8) is 0 Å². The molecule has 0 aromatic heterocycles. The van der Waals surface area contributed by atoms with Gasteiger partial charge in [0.1, 0.15) is 5.75 Å². The van der Waals surface area contributed by atoms with E-state index in [1.54, 1.807) is 0 Å². The fourth-order valence-corrected chi connectivity index (χ4v) is 3.69. The van der Waals surface area contributed by atoms with Crippen LogP contribution in [0.5, 0.6) is 5.75 Å². The molecule has 2 N–H and O–H groups in total. The average molecular weight is 298 g/mol. The maximum atomic E-state index is 6.56. The molecule has 1 heterocycles. The standard InChI is InChI=1S/C13H16BrNO2/c14-10-3-4-11-9(7-16-8-17-11)12(10)13(15)5-1-2-6-13/h3-4H,1-2,5-8,15H2. The molecular weight excluding hydrogens is 282 g/mol. The van der Waals surface area contributed by atoms with Crippen molar-refractivity contribution >= 4 is 15.9 Å². The van der Waals surface area contributed by atoms with Crippen molar-refractivity contribution in [3.8, 4) is 5.75 Å². The lowest BCUT2D eigenvalue weighted by atomic mass is 9.85. The summed E-state index contributed by atoms with van der Waals surface area (Å²) in [6.45, 7) is 0.939. The minimum atomic E-state index is -0.214. The topological polar surface area (TPSA) is 44.5 Å². The van der Waals surface area contributed by atoms with Crippen molar-refractivity contribution in [2.75, 3.05) is 6.79 Å². The molecule has 4 heteroatoms. The maximum Gasteiger partial charge on any atom is 0.189 e. The first-order valence-corrected chi connectivity index (χ1v) is 6.81. The van der Waals surface area contributed by atoms with Gasteiger partial charge in [0.15, 0.2) is 6.79 Å². The third-order valence-corrected chi connectivity index (χ3v) is 4.42. The Kier molecular flexibility index (Phi) is 2.89. The lowest BCUT2D eigenvalue weighted by molar-refractivity contribution is -0.0174. The van der Waals surface area contributed by atoms with Crippen molar-refractivity contribution in [1.29, 1.82) is 0 Å². The van der Waals surface area contributed by atoms with Crippen LogP contribution in [-0.2, 0) is 16.9 Å². The van der Waals surface area contributed by atoms with Gasteiger partial charge in [0.05, 0.1) is 6.61 Å². The molecule has 2 aliphatic rings. The number of rotatable bonds is 1. The minimum Gasteiger partial charge on any atom is -0.467 e. The van der Waals surface area contributed by atoms with Crippen LogP contribution < -0.4 is 10.5 Å². The lowest BCUT2D eigenvalue weighted by Crippen LogP contribution is -2.35. The van der Waals surface area contributed by atoms with E-state index in [2.05, 4.69) is 15.9 Å². The highest BCUT2D eigenvalue weighted by Crippen LogP contribution is 2.44. The number of benzene rings is 1. The summed E-state index contributed by atoms with van der Waals surface area (Å²) in [4.78, 5) is 0. The highest BCUT2D eigenvalue weighted by atomic mass is 79.9. The Morgan fingerprint density at radius 1 is 1.24 bits per heavy atom. The second-order valence-electron chi connectivity index (χ2n) is 4.87. The molecule has 3 nitrogen and oxygen atoms in total. The molecule has 0 bridgehead atoms. The van der Waals surface area contributed by atoms with Gasteiger partial charge in [-0.05, 0) is 30.5 Å². The van der Waals surface area contributed by atoms with Gasteiger partial charge in [-0.2, -0.15) is 0 Å². The Bertz CT molecular complexity index is 441. The number of hydrogen-bond acceptors (Lipinski definition) is 3. The first-order chi connectivity index (χ1) is 8.21. The van der Waals surface area contributed by atoms with Gasteiger partial charge in [0.25, 0.3) is 0 Å². The summed E-state index contributed by atoms with van der Waals surface area (Å²) < 4.78 is 12.0. The van der Waals surface area contributed by atoms with Crippen molar-refractivity contribution in [2.45, 2.75) is 37.8 Å². The van der Waals surface area contributed by atoms with Gasteiger partial charge < -0.3 is 15.2 Å². The third-order valence-electron chi connectivity index (χ3n) is 3.76. The minimum absolute atomic E-state index is 0.214. The summed E-state index contributed by atoms with van der Waals surface area (Å²) in [5.74, 6) is 0.922. The molecule has 1 aliphatic heterocycles. The summed E-state index contributed by atoms with van der Waals surface area (Å²) in [6.07, 6.45) is 4.49. The monoisotopic (exact) mass is 297 g/mol. The van der Waals surface area contributed by atoms with Crippen molar-refractivity contribution in [1.82, 2.24) is 0 Å². The molecule has 1 aromatic carbocycles. The quantitative estimate of drug-likeness (QED) is 0.866. The number of halogens is 1. The van der Waals surface area contributed by atoms with Gasteiger partial charge in [-0.1, -0.05) is 28.8 Å². The smallest absolute Gasteiger partial charge is 0.189 e. The fraction of sp³-hybridized carbons (Fsp3) is 0.538. The van der Waals surface area contributed by atoms with Crippen molar-refractivity contribution in [3.05, 3.63) is 27.7 Å². The molecule has 0 unspecified atom stereocenters. The Morgan fingerprint density at radius 3 is 2.76 bits per heavy atom. The lowest BCUT2D eigenvalue weighted by Gasteiger charge is -2.31. The van der Waals surface area contributed by atoms with Gasteiger partial charge >= 0.3 is 0 Å². The van der Waals surface area contributed by atoms with Crippen LogP contribution in [0.1, 0.15) is 36.8 Å². The van der Waals surface area contributed by atoms with Crippen LogP contribution in [0, 0.1) is 0 Å². The van der Waals surface area contributed by atoms with E-state index in [9.17, 15) is 0 Å². The predicted molar refractivity (Wildman–Crippen MR) is 68.8 cm³/mol. The molecule has 3 rings (SSSR count). The van der Waals surface area contributed by atoms with Gasteiger partial charge in [0, 0.05) is 15.6 Å². The molecule has 92 valence electrons. The number of hydrogen-bond donors (Lipinski definition) is 1. The molecule has 1 aromatic rings. The highest BCUT2D eigenvalue weighted by Gasteiger charge is 2.36. The molecule has 0 saturated heterocycles. The molecule has 1 fully saturated rings. The Labute approximate surface area is 109 Å². The summed E-state index contributed by atoms with van der Waals surface area (Å²) in [7, 11) is 0. The van der Waals surface area contributed by atoms with E-state index < -0.39 is 0 Å². The van der Waals surface area contributed by atoms with Crippen LogP contribution in [0.15, 0.2) is 16.6 Å². The summed E-state index contributed by atoms with van der Waals surface area (Å²) >= 11 is 3.63. The predicted octanol–water partition coefficient (Wildman–Crippen LogP) is 3.04. The first-order valence-electron chi connectivity index (χ1n) is 6.02. The molecule has 17 heavy (non-hydrogen) atoms. The van der Waals surface area contributed by atoms with Crippen LogP contribution in [0.2, 0.25) is 0 Å². The average Bonchev–Trinajstić information content (AvgIpc) is 2.76. The fourth-order valence-electron chi connectivity index (χ4n) is 2.92. The zero-order chi connectivity index (χ0) is 11.9. The van der Waals surface area contributed by atoms with Crippen molar-refractivity contribution in [2.24, 2.45) is 5.73 Å². The zero-order valence-electron chi connectivity index (χ0n) is 9.67. The van der Waals surface area contributed by atoms with Crippen LogP contribution in [0.3, 0.4) is 0 Å². The van der Waals surface area contributed by atoms with Crippen LogP contribution >= 0.6 is 15.9 Å². The van der Waals surface area contributed by atoms with Crippen molar-refractivity contribution < 1.29 is 9.47 Å². The summed E-state index contributed by atoms with van der Waals surface area (Å²) in [5, 5.41) is 0. The van der Waals surface area contributed by atoms with E-state index in [0.29, 0.717) is 13.4 Å². The third kappa shape index (κ3) is 1.88. The normalized spacial score (nSPS) is 22.0. The Balaban J connectivity index is 2.14. The van der Waals surface area contributed by atoms with Gasteiger partial charge in [-0.15, -0.1) is 0 Å². The maximum absolute atomic E-state index is 6.56. The zero-order valence-corrected chi connectivity index (χ0v) is 11.3. The van der Waals surface area contributed by atoms with Crippen LogP contribution in [0.4, 0.5) is 0 Å². The van der Waals surface area contributed by atoms with E-state index >= 15 is 0 Å². The summed E-state index contributed by atoms with van der Waals surface area (Å²) in [5.41, 5.74) is 8.66. The van der Waals surface area contributed by atoms with Gasteiger partial charge in [0.2, 0.25) is 0 Å². The molecule has 0 radical (unpaired) electrons. The Hall–Kier alpha value is -0.580. The van der Waals surface area contributed by atoms with E-state index in [0.717, 1.165) is 28.6 Å². The highest BCUT2D eigenvalue weighted by molar-refractivity contribution is 9.10. The van der Waals surface area contributed by atoms with Gasteiger partial charge in [-0.25, -0.2) is 0 Å². The number of fused-ring (bicyclic) bond motifs is 1. The largest absolute Gasteiger partial charge is 0.467 e. The molecule has 0 amide bonds. The number of ether oxygens (including phenoxy) is 2. The first kappa shape index (κ1) is 11.5. The molecular formula is C13H16BrNO2.